The molecule has 0 aromatic carbocycles. The molecule has 0 aliphatic carbocycles. The van der Waals surface area contributed by atoms with Crippen LogP contribution >= 0.6 is 0 Å². The predicted octanol–water partition coefficient (Wildman–Crippen LogP) is 0.635. The highest BCUT2D eigenvalue weighted by Gasteiger charge is 2.04. The molecular weight excluding hydrogens is 126 g/mol. The van der Waals surface area contributed by atoms with E-state index in [9.17, 15) is 0 Å². The van der Waals surface area contributed by atoms with Gasteiger partial charge in [-0.2, -0.15) is 5.10 Å². The molecule has 0 saturated carbocycles. The average Bonchev–Trinajstić information content (AvgIpc) is 2.03. The molecule has 0 aromatic heterocycles. The van der Waals surface area contributed by atoms with Crippen LogP contribution in [0.15, 0.2) is 5.10 Å². The van der Waals surface area contributed by atoms with Crippen molar-refractivity contribution in [2.45, 2.75) is 19.3 Å². The number of likely N-dealkylation sites (tertiary alicyclic amines) is 1. The summed E-state index contributed by atoms with van der Waals surface area (Å²) in [4.78, 5) is 2.25. The van der Waals surface area contributed by atoms with Gasteiger partial charge in [0.15, 0.2) is 0 Å². The number of nitrogens with one attached hydrogen (secondary N) is 1. The number of piperidine rings is 1. The van der Waals surface area contributed by atoms with Gasteiger partial charge in [0.05, 0.1) is 0 Å². The number of nitrogens with zero attached hydrogens (tertiary/aromatic N) is 2. The molecule has 58 valence electrons. The van der Waals surface area contributed by atoms with Crippen LogP contribution in [0.3, 0.4) is 0 Å². The van der Waals surface area contributed by atoms with Crippen molar-refractivity contribution in [3.8, 4) is 0 Å². The molecule has 0 bridgehead atoms. The van der Waals surface area contributed by atoms with E-state index in [0.717, 1.165) is 0 Å². The fourth-order valence-corrected chi connectivity index (χ4v) is 1.17. The maximum absolute atomic E-state index is 3.95. The van der Waals surface area contributed by atoms with Crippen LogP contribution in [0.4, 0.5) is 0 Å². The summed E-state index contributed by atoms with van der Waals surface area (Å²) < 4.78 is 0. The second-order valence-electron chi connectivity index (χ2n) is 2.56. The van der Waals surface area contributed by atoms with Gasteiger partial charge in [0, 0.05) is 20.1 Å². The van der Waals surface area contributed by atoms with Crippen molar-refractivity contribution in [2.24, 2.45) is 5.10 Å². The van der Waals surface area contributed by atoms with Crippen molar-refractivity contribution in [1.29, 1.82) is 0 Å². The zero-order chi connectivity index (χ0) is 7.23. The second kappa shape index (κ2) is 4.14. The zero-order valence-electron chi connectivity index (χ0n) is 6.51. The lowest BCUT2D eigenvalue weighted by molar-refractivity contribution is 0.349. The Hall–Kier alpha value is -0.730. The highest BCUT2D eigenvalue weighted by molar-refractivity contribution is 5.54. The molecule has 0 atom stereocenters. The fourth-order valence-electron chi connectivity index (χ4n) is 1.17. The first kappa shape index (κ1) is 7.38. The largest absolute Gasteiger partial charge is 0.361 e. The Morgan fingerprint density at radius 3 is 2.60 bits per heavy atom. The Morgan fingerprint density at radius 1 is 1.30 bits per heavy atom. The molecule has 0 unspecified atom stereocenters. The molecule has 1 fully saturated rings. The van der Waals surface area contributed by atoms with Gasteiger partial charge in [0.1, 0.15) is 6.34 Å². The van der Waals surface area contributed by atoms with E-state index in [1.54, 1.807) is 0 Å². The van der Waals surface area contributed by atoms with Crippen molar-refractivity contribution in [1.82, 2.24) is 10.3 Å². The Labute approximate surface area is 62.1 Å². The Balaban J connectivity index is 2.19. The molecule has 0 spiro atoms. The molecule has 3 nitrogen and oxygen atoms in total. The molecule has 1 aliphatic rings. The minimum atomic E-state index is 1.17. The number of hydrazone groups is 1. The second-order valence-corrected chi connectivity index (χ2v) is 2.56. The van der Waals surface area contributed by atoms with E-state index in [-0.39, 0.29) is 0 Å². The fraction of sp³-hybridized carbons (Fsp3) is 0.857. The van der Waals surface area contributed by atoms with E-state index in [0.29, 0.717) is 0 Å². The van der Waals surface area contributed by atoms with Crippen LogP contribution in [-0.4, -0.2) is 31.4 Å². The van der Waals surface area contributed by atoms with Gasteiger partial charge >= 0.3 is 0 Å². The van der Waals surface area contributed by atoms with Crippen molar-refractivity contribution < 1.29 is 0 Å². The maximum Gasteiger partial charge on any atom is 0.111 e. The van der Waals surface area contributed by atoms with Crippen molar-refractivity contribution in [3.05, 3.63) is 0 Å². The summed E-state index contributed by atoms with van der Waals surface area (Å²) in [6, 6.07) is 0. The molecule has 0 amide bonds. The van der Waals surface area contributed by atoms with E-state index in [1.165, 1.54) is 32.4 Å². The van der Waals surface area contributed by atoms with Crippen molar-refractivity contribution in [2.75, 3.05) is 20.1 Å². The predicted molar refractivity (Wildman–Crippen MR) is 43.0 cm³/mol. The monoisotopic (exact) mass is 141 g/mol. The quantitative estimate of drug-likeness (QED) is 0.347. The Bertz CT molecular complexity index is 105. The van der Waals surface area contributed by atoms with Crippen LogP contribution in [0.5, 0.6) is 0 Å². The first-order chi connectivity index (χ1) is 4.93. The lowest BCUT2D eigenvalue weighted by Gasteiger charge is -2.23. The molecule has 1 heterocycles. The van der Waals surface area contributed by atoms with Gasteiger partial charge in [-0.05, 0) is 19.3 Å². The third-order valence-electron chi connectivity index (χ3n) is 1.74. The van der Waals surface area contributed by atoms with E-state index < -0.39 is 0 Å². The smallest absolute Gasteiger partial charge is 0.111 e. The molecule has 10 heavy (non-hydrogen) atoms. The lowest BCUT2D eigenvalue weighted by atomic mass is 10.1. The molecule has 1 N–H and O–H groups in total. The summed E-state index contributed by atoms with van der Waals surface area (Å²) in [6.45, 7) is 2.34. The maximum atomic E-state index is 3.95. The minimum Gasteiger partial charge on any atom is -0.361 e. The summed E-state index contributed by atoms with van der Waals surface area (Å²) in [7, 11) is 1.82. The van der Waals surface area contributed by atoms with E-state index >= 15 is 0 Å². The van der Waals surface area contributed by atoms with Gasteiger partial charge in [-0.15, -0.1) is 0 Å². The van der Waals surface area contributed by atoms with E-state index in [4.69, 9.17) is 0 Å². The van der Waals surface area contributed by atoms with Crippen LogP contribution in [0.2, 0.25) is 0 Å². The standard InChI is InChI=1S/C7H15N3/c1-8-9-7-10-5-3-2-4-6-10/h7-8H,2-6H2,1H3/b9-7+. The van der Waals surface area contributed by atoms with Crippen molar-refractivity contribution >= 4 is 6.34 Å². The summed E-state index contributed by atoms with van der Waals surface area (Å²) in [5.41, 5.74) is 2.74. The molecule has 1 rings (SSSR count). The summed E-state index contributed by atoms with van der Waals surface area (Å²) in [5.74, 6) is 0. The summed E-state index contributed by atoms with van der Waals surface area (Å²) in [6.07, 6.45) is 5.90. The minimum absolute atomic E-state index is 1.17. The number of hydrogen-bond donors (Lipinski definition) is 1. The zero-order valence-corrected chi connectivity index (χ0v) is 6.51. The molecule has 1 saturated heterocycles. The third-order valence-corrected chi connectivity index (χ3v) is 1.74. The SMILES string of the molecule is CN/N=C/N1CCCCC1. The molecule has 1 aliphatic heterocycles. The highest BCUT2D eigenvalue weighted by atomic mass is 15.3. The first-order valence-electron chi connectivity index (χ1n) is 3.87. The third kappa shape index (κ3) is 2.25. The van der Waals surface area contributed by atoms with Crippen LogP contribution in [0, 0.1) is 0 Å². The van der Waals surface area contributed by atoms with Crippen LogP contribution < -0.4 is 5.43 Å². The lowest BCUT2D eigenvalue weighted by Crippen LogP contribution is -2.28. The van der Waals surface area contributed by atoms with E-state index in [1.807, 2.05) is 13.4 Å². The number of hydrogen-bond acceptors (Lipinski definition) is 2. The van der Waals surface area contributed by atoms with Gasteiger partial charge < -0.3 is 10.3 Å². The summed E-state index contributed by atoms with van der Waals surface area (Å²) in [5, 5.41) is 3.95. The van der Waals surface area contributed by atoms with E-state index in [2.05, 4.69) is 15.4 Å². The Kier molecular flexibility index (Phi) is 3.06. The van der Waals surface area contributed by atoms with Gasteiger partial charge in [0.25, 0.3) is 0 Å². The molecule has 0 aromatic rings. The van der Waals surface area contributed by atoms with Gasteiger partial charge in [-0.1, -0.05) is 0 Å². The van der Waals surface area contributed by atoms with Crippen LogP contribution in [-0.2, 0) is 0 Å². The van der Waals surface area contributed by atoms with Crippen LogP contribution in [0.1, 0.15) is 19.3 Å². The summed E-state index contributed by atoms with van der Waals surface area (Å²) >= 11 is 0. The van der Waals surface area contributed by atoms with Gasteiger partial charge in [0.2, 0.25) is 0 Å². The number of rotatable bonds is 2. The average molecular weight is 141 g/mol. The molecule has 0 radical (unpaired) electrons. The molecule has 3 heteroatoms. The normalized spacial score (nSPS) is 19.9. The Morgan fingerprint density at radius 2 is 2.00 bits per heavy atom. The first-order valence-corrected chi connectivity index (χ1v) is 3.87. The topological polar surface area (TPSA) is 27.6 Å². The molecular formula is C7H15N3. The van der Waals surface area contributed by atoms with Gasteiger partial charge in [-0.3, -0.25) is 0 Å². The highest BCUT2D eigenvalue weighted by Crippen LogP contribution is 2.05. The van der Waals surface area contributed by atoms with Gasteiger partial charge in [-0.25, -0.2) is 0 Å². The van der Waals surface area contributed by atoms with Crippen LogP contribution in [0.25, 0.3) is 0 Å². The van der Waals surface area contributed by atoms with Crippen molar-refractivity contribution in [3.63, 3.8) is 0 Å².